The van der Waals surface area contributed by atoms with Gasteiger partial charge in [0.15, 0.2) is 0 Å². The van der Waals surface area contributed by atoms with E-state index >= 15 is 0 Å². The molecule has 2 atom stereocenters. The van der Waals surface area contributed by atoms with E-state index < -0.39 is 0 Å². The Labute approximate surface area is 194 Å². The molecule has 0 bridgehead atoms. The number of nitrogens with one attached hydrogen (secondary N) is 1. The Kier molecular flexibility index (Phi) is 14.2. The first-order valence-electron chi connectivity index (χ1n) is 10.2. The molecule has 3 N–H and O–H groups in total. The normalized spacial score (nSPS) is 22.1. The summed E-state index contributed by atoms with van der Waals surface area (Å²) in [5.74, 6) is 0.499. The number of nitrogens with two attached hydrogens (primary N) is 1. The zero-order valence-corrected chi connectivity index (χ0v) is 19.8. The molecule has 2 aliphatic rings. The lowest BCUT2D eigenvalue weighted by atomic mass is 9.99. The molecular formula is C21H37Cl3N4O. The minimum atomic E-state index is 0. The molecule has 1 aliphatic heterocycles. The molecule has 1 aromatic carbocycles. The standard InChI is InChI=1S/C21H34N4O.3ClH/c1-2-24-10-12-25(13-11-24)16-19-7-4-3-6-18(19)15-23-21(26)14-17-8-5-9-20(17)22;;;/h3-4,6-7,17,20H,2,5,8-16,22H2,1H3,(H,23,26);3*1H/t17-,20+;;;/m0.../s1. The minimum Gasteiger partial charge on any atom is -0.352 e. The Balaban J connectivity index is 0.00000261. The fraction of sp³-hybridized carbons (Fsp3) is 0.667. The molecular weight excluding hydrogens is 431 g/mol. The van der Waals surface area contributed by atoms with Crippen molar-refractivity contribution in [2.75, 3.05) is 32.7 Å². The molecule has 5 nitrogen and oxygen atoms in total. The van der Waals surface area contributed by atoms with Crippen LogP contribution in [0.1, 0.15) is 43.7 Å². The minimum absolute atomic E-state index is 0. The lowest BCUT2D eigenvalue weighted by Crippen LogP contribution is -2.45. The van der Waals surface area contributed by atoms with Gasteiger partial charge in [-0.3, -0.25) is 9.69 Å². The van der Waals surface area contributed by atoms with E-state index in [9.17, 15) is 4.79 Å². The van der Waals surface area contributed by atoms with Crippen molar-refractivity contribution in [1.82, 2.24) is 15.1 Å². The smallest absolute Gasteiger partial charge is 0.220 e. The molecule has 168 valence electrons. The highest BCUT2D eigenvalue weighted by Crippen LogP contribution is 2.26. The number of amides is 1. The van der Waals surface area contributed by atoms with Crippen LogP contribution in [0.15, 0.2) is 24.3 Å². The zero-order valence-electron chi connectivity index (χ0n) is 17.3. The summed E-state index contributed by atoms with van der Waals surface area (Å²) in [6, 6.07) is 8.70. The Morgan fingerprint density at radius 1 is 1.03 bits per heavy atom. The van der Waals surface area contributed by atoms with E-state index in [0.717, 1.165) is 58.5 Å². The highest BCUT2D eigenvalue weighted by Gasteiger charge is 2.26. The van der Waals surface area contributed by atoms with Crippen molar-refractivity contribution in [2.24, 2.45) is 11.7 Å². The molecule has 29 heavy (non-hydrogen) atoms. The zero-order chi connectivity index (χ0) is 18.4. The lowest BCUT2D eigenvalue weighted by Gasteiger charge is -2.34. The van der Waals surface area contributed by atoms with Gasteiger partial charge in [-0.1, -0.05) is 37.6 Å². The fourth-order valence-corrected chi connectivity index (χ4v) is 4.21. The van der Waals surface area contributed by atoms with Crippen LogP contribution in [0.2, 0.25) is 0 Å². The molecule has 0 unspecified atom stereocenters. The number of carbonyl (C=O) groups is 1. The van der Waals surface area contributed by atoms with Crippen LogP contribution in [-0.4, -0.2) is 54.5 Å². The average molecular weight is 468 g/mol. The van der Waals surface area contributed by atoms with E-state index in [4.69, 9.17) is 5.73 Å². The molecule has 3 rings (SSSR count). The molecule has 1 saturated carbocycles. The molecule has 1 aliphatic carbocycles. The molecule has 2 fully saturated rings. The number of hydrogen-bond donors (Lipinski definition) is 2. The molecule has 8 heteroatoms. The number of halogens is 3. The Morgan fingerprint density at radius 2 is 1.66 bits per heavy atom. The highest BCUT2D eigenvalue weighted by atomic mass is 35.5. The van der Waals surface area contributed by atoms with Crippen molar-refractivity contribution < 1.29 is 4.79 Å². The lowest BCUT2D eigenvalue weighted by molar-refractivity contribution is -0.122. The SMILES string of the molecule is CCN1CCN(Cc2ccccc2CNC(=O)C[C@@H]2CCC[C@H]2N)CC1.Cl.Cl.Cl. The number of hydrogen-bond acceptors (Lipinski definition) is 4. The van der Waals surface area contributed by atoms with Crippen molar-refractivity contribution in [3.8, 4) is 0 Å². The van der Waals surface area contributed by atoms with Crippen LogP contribution in [0, 0.1) is 5.92 Å². The van der Waals surface area contributed by atoms with Crippen LogP contribution < -0.4 is 11.1 Å². The summed E-state index contributed by atoms with van der Waals surface area (Å²) in [5, 5.41) is 3.12. The van der Waals surface area contributed by atoms with Gasteiger partial charge in [0.25, 0.3) is 0 Å². The van der Waals surface area contributed by atoms with Crippen LogP contribution in [0.5, 0.6) is 0 Å². The van der Waals surface area contributed by atoms with Gasteiger partial charge in [0.1, 0.15) is 0 Å². The first kappa shape index (κ1) is 28.4. The van der Waals surface area contributed by atoms with Crippen molar-refractivity contribution in [1.29, 1.82) is 0 Å². The average Bonchev–Trinajstić information content (AvgIpc) is 3.06. The first-order chi connectivity index (χ1) is 12.7. The van der Waals surface area contributed by atoms with Crippen molar-refractivity contribution in [2.45, 2.75) is 51.7 Å². The van der Waals surface area contributed by atoms with E-state index in [-0.39, 0.29) is 49.2 Å². The van der Waals surface area contributed by atoms with Crippen LogP contribution >= 0.6 is 37.2 Å². The van der Waals surface area contributed by atoms with E-state index in [1.165, 1.54) is 11.1 Å². The largest absolute Gasteiger partial charge is 0.352 e. The predicted molar refractivity (Wildman–Crippen MR) is 127 cm³/mol. The summed E-state index contributed by atoms with van der Waals surface area (Å²) in [5.41, 5.74) is 8.65. The number of piperazine rings is 1. The Hall–Kier alpha value is -0.560. The van der Waals surface area contributed by atoms with E-state index in [1.807, 2.05) is 0 Å². The van der Waals surface area contributed by atoms with Gasteiger partial charge in [-0.25, -0.2) is 0 Å². The summed E-state index contributed by atoms with van der Waals surface area (Å²) in [6.45, 7) is 9.49. The van der Waals surface area contributed by atoms with Crippen LogP contribution in [0.4, 0.5) is 0 Å². The quantitative estimate of drug-likeness (QED) is 0.646. The van der Waals surface area contributed by atoms with Gasteiger partial charge in [-0.2, -0.15) is 0 Å². The number of likely N-dealkylation sites (N-methyl/N-ethyl adjacent to an activating group) is 1. The van der Waals surface area contributed by atoms with Gasteiger partial charge in [0.2, 0.25) is 5.91 Å². The van der Waals surface area contributed by atoms with E-state index in [1.54, 1.807) is 0 Å². The summed E-state index contributed by atoms with van der Waals surface area (Å²) < 4.78 is 0. The van der Waals surface area contributed by atoms with Gasteiger partial charge in [0.05, 0.1) is 0 Å². The summed E-state index contributed by atoms with van der Waals surface area (Å²) in [6.07, 6.45) is 3.89. The van der Waals surface area contributed by atoms with Gasteiger partial charge in [-0.15, -0.1) is 37.2 Å². The van der Waals surface area contributed by atoms with Crippen molar-refractivity contribution in [3.05, 3.63) is 35.4 Å². The number of rotatable bonds is 7. The van der Waals surface area contributed by atoms with Crippen LogP contribution in [0.25, 0.3) is 0 Å². The third-order valence-corrected chi connectivity index (χ3v) is 6.07. The molecule has 1 aromatic rings. The molecule has 0 radical (unpaired) electrons. The number of carbonyl (C=O) groups excluding carboxylic acids is 1. The second-order valence-corrected chi connectivity index (χ2v) is 7.81. The molecule has 1 saturated heterocycles. The monoisotopic (exact) mass is 466 g/mol. The summed E-state index contributed by atoms with van der Waals surface area (Å²) >= 11 is 0. The third-order valence-electron chi connectivity index (χ3n) is 6.07. The van der Waals surface area contributed by atoms with Gasteiger partial charge < -0.3 is 16.0 Å². The molecule has 1 amide bonds. The predicted octanol–water partition coefficient (Wildman–Crippen LogP) is 3.22. The second-order valence-electron chi connectivity index (χ2n) is 7.81. The highest BCUT2D eigenvalue weighted by molar-refractivity contribution is 5.86. The van der Waals surface area contributed by atoms with Crippen molar-refractivity contribution >= 4 is 43.1 Å². The fourth-order valence-electron chi connectivity index (χ4n) is 4.21. The maximum Gasteiger partial charge on any atom is 0.220 e. The molecule has 0 spiro atoms. The third kappa shape index (κ3) is 8.60. The van der Waals surface area contributed by atoms with E-state index in [2.05, 4.69) is 46.3 Å². The number of benzene rings is 1. The Morgan fingerprint density at radius 3 is 2.24 bits per heavy atom. The summed E-state index contributed by atoms with van der Waals surface area (Å²) in [4.78, 5) is 17.3. The van der Waals surface area contributed by atoms with Gasteiger partial charge in [-0.05, 0) is 36.4 Å². The maximum atomic E-state index is 12.3. The van der Waals surface area contributed by atoms with Crippen molar-refractivity contribution in [3.63, 3.8) is 0 Å². The van der Waals surface area contributed by atoms with Crippen LogP contribution in [0.3, 0.4) is 0 Å². The topological polar surface area (TPSA) is 61.6 Å². The molecule has 1 heterocycles. The van der Waals surface area contributed by atoms with E-state index in [0.29, 0.717) is 18.9 Å². The van der Waals surface area contributed by atoms with Gasteiger partial charge in [0, 0.05) is 51.7 Å². The second kappa shape index (κ2) is 14.4. The maximum absolute atomic E-state index is 12.3. The Bertz CT molecular complexity index is 597. The summed E-state index contributed by atoms with van der Waals surface area (Å²) in [7, 11) is 0. The first-order valence-corrected chi connectivity index (χ1v) is 10.2. The molecule has 0 aromatic heterocycles. The number of nitrogens with zero attached hydrogens (tertiary/aromatic N) is 2. The van der Waals surface area contributed by atoms with Crippen LogP contribution in [-0.2, 0) is 17.9 Å². The van der Waals surface area contributed by atoms with Gasteiger partial charge >= 0.3 is 0 Å².